The van der Waals surface area contributed by atoms with Crippen LogP contribution in [0.25, 0.3) is 0 Å². The Balaban J connectivity index is 2.09. The first kappa shape index (κ1) is 13.4. The number of halogens is 1. The highest BCUT2D eigenvalue weighted by Gasteiger charge is 2.01. The summed E-state index contributed by atoms with van der Waals surface area (Å²) < 4.78 is 5.71. The molecule has 0 amide bonds. The molecule has 0 aliphatic carbocycles. The van der Waals surface area contributed by atoms with Gasteiger partial charge in [0.2, 0.25) is 0 Å². The number of nitrogens with zero attached hydrogens (tertiary/aromatic N) is 1. The number of hydrogen-bond donors (Lipinski definition) is 0. The highest BCUT2D eigenvalue weighted by Crippen LogP contribution is 2.19. The molecule has 0 aromatic heterocycles. The van der Waals surface area contributed by atoms with Gasteiger partial charge in [0.05, 0.1) is 6.21 Å². The van der Waals surface area contributed by atoms with E-state index in [1.165, 1.54) is 7.11 Å². The maximum Gasteiger partial charge on any atom is 0.121 e. The summed E-state index contributed by atoms with van der Waals surface area (Å²) in [7, 11) is 1.52. The van der Waals surface area contributed by atoms with Crippen molar-refractivity contribution >= 4 is 17.8 Å². The van der Waals surface area contributed by atoms with Crippen LogP contribution in [0.3, 0.4) is 0 Å². The summed E-state index contributed by atoms with van der Waals surface area (Å²) >= 11 is 5.91. The Bertz CT molecular complexity index is 570. The number of oxime groups is 1. The SMILES string of the molecule is CON=Cc1ccccc1COc1cccc(Cl)c1. The van der Waals surface area contributed by atoms with E-state index in [0.717, 1.165) is 16.9 Å². The van der Waals surface area contributed by atoms with Crippen molar-refractivity contribution in [3.05, 3.63) is 64.7 Å². The van der Waals surface area contributed by atoms with Crippen LogP contribution in [0.4, 0.5) is 0 Å². The van der Waals surface area contributed by atoms with Crippen LogP contribution in [0.15, 0.2) is 53.7 Å². The fourth-order valence-electron chi connectivity index (χ4n) is 1.62. The first-order chi connectivity index (χ1) is 9.29. The molecule has 0 saturated carbocycles. The molecule has 4 heteroatoms. The Hall–Kier alpha value is -2.00. The standard InChI is InChI=1S/C15H14ClNO2/c1-18-17-10-12-5-2-3-6-13(12)11-19-15-8-4-7-14(16)9-15/h2-10H,11H2,1H3. The molecule has 0 N–H and O–H groups in total. The molecule has 2 rings (SSSR count). The molecule has 0 saturated heterocycles. The van der Waals surface area contributed by atoms with Crippen LogP contribution in [0, 0.1) is 0 Å². The van der Waals surface area contributed by atoms with Crippen molar-refractivity contribution in [2.24, 2.45) is 5.16 Å². The first-order valence-electron chi connectivity index (χ1n) is 5.82. The van der Waals surface area contributed by atoms with Gasteiger partial charge in [0.15, 0.2) is 0 Å². The number of hydrogen-bond acceptors (Lipinski definition) is 3. The van der Waals surface area contributed by atoms with Crippen LogP contribution in [-0.2, 0) is 11.4 Å². The van der Waals surface area contributed by atoms with Crippen LogP contribution < -0.4 is 4.74 Å². The van der Waals surface area contributed by atoms with Crippen molar-refractivity contribution in [1.82, 2.24) is 0 Å². The molecular formula is C15H14ClNO2. The zero-order valence-electron chi connectivity index (χ0n) is 10.5. The smallest absolute Gasteiger partial charge is 0.121 e. The van der Waals surface area contributed by atoms with E-state index in [0.29, 0.717) is 11.6 Å². The van der Waals surface area contributed by atoms with E-state index in [1.54, 1.807) is 12.3 Å². The zero-order valence-corrected chi connectivity index (χ0v) is 11.3. The van der Waals surface area contributed by atoms with Gasteiger partial charge in [-0.05, 0) is 23.8 Å². The Kier molecular flexibility index (Phi) is 4.81. The number of ether oxygens (including phenoxy) is 1. The van der Waals surface area contributed by atoms with E-state index in [-0.39, 0.29) is 0 Å². The lowest BCUT2D eigenvalue weighted by molar-refractivity contribution is 0.215. The van der Waals surface area contributed by atoms with Crippen LogP contribution >= 0.6 is 11.6 Å². The van der Waals surface area contributed by atoms with E-state index in [2.05, 4.69) is 5.16 Å². The topological polar surface area (TPSA) is 30.8 Å². The van der Waals surface area contributed by atoms with E-state index >= 15 is 0 Å². The lowest BCUT2D eigenvalue weighted by atomic mass is 10.1. The minimum Gasteiger partial charge on any atom is -0.489 e. The Morgan fingerprint density at radius 3 is 2.79 bits per heavy atom. The molecule has 0 radical (unpaired) electrons. The summed E-state index contributed by atoms with van der Waals surface area (Å²) in [6.07, 6.45) is 1.66. The number of benzene rings is 2. The van der Waals surface area contributed by atoms with Crippen molar-refractivity contribution in [2.75, 3.05) is 7.11 Å². The maximum atomic E-state index is 5.91. The number of rotatable bonds is 5. The second-order valence-corrected chi connectivity index (χ2v) is 4.30. The minimum atomic E-state index is 0.451. The predicted octanol–water partition coefficient (Wildman–Crippen LogP) is 3.90. The fraction of sp³-hybridized carbons (Fsp3) is 0.133. The van der Waals surface area contributed by atoms with Crippen LogP contribution in [-0.4, -0.2) is 13.3 Å². The molecule has 19 heavy (non-hydrogen) atoms. The highest BCUT2D eigenvalue weighted by atomic mass is 35.5. The quantitative estimate of drug-likeness (QED) is 0.612. The summed E-state index contributed by atoms with van der Waals surface area (Å²) in [4.78, 5) is 4.69. The Morgan fingerprint density at radius 2 is 2.00 bits per heavy atom. The van der Waals surface area contributed by atoms with Gasteiger partial charge in [-0.2, -0.15) is 0 Å². The molecule has 0 fully saturated rings. The highest BCUT2D eigenvalue weighted by molar-refractivity contribution is 6.30. The van der Waals surface area contributed by atoms with Gasteiger partial charge in [0.1, 0.15) is 19.5 Å². The molecule has 2 aromatic rings. The van der Waals surface area contributed by atoms with Gasteiger partial charge in [-0.1, -0.05) is 47.1 Å². The molecule has 3 nitrogen and oxygen atoms in total. The van der Waals surface area contributed by atoms with E-state index in [4.69, 9.17) is 21.2 Å². The molecule has 0 bridgehead atoms. The monoisotopic (exact) mass is 275 g/mol. The molecule has 0 unspecified atom stereocenters. The molecule has 0 aliphatic rings. The zero-order chi connectivity index (χ0) is 13.5. The van der Waals surface area contributed by atoms with Crippen LogP contribution in [0.5, 0.6) is 5.75 Å². The predicted molar refractivity (Wildman–Crippen MR) is 76.8 cm³/mol. The van der Waals surface area contributed by atoms with Crippen molar-refractivity contribution in [3.63, 3.8) is 0 Å². The molecule has 98 valence electrons. The lowest BCUT2D eigenvalue weighted by Crippen LogP contribution is -1.99. The third-order valence-electron chi connectivity index (χ3n) is 2.54. The van der Waals surface area contributed by atoms with Gasteiger partial charge in [-0.3, -0.25) is 0 Å². The Labute approximate surface area is 117 Å². The molecule has 0 heterocycles. The van der Waals surface area contributed by atoms with Gasteiger partial charge in [0, 0.05) is 10.6 Å². The third-order valence-corrected chi connectivity index (χ3v) is 2.78. The second-order valence-electron chi connectivity index (χ2n) is 3.86. The largest absolute Gasteiger partial charge is 0.489 e. The summed E-state index contributed by atoms with van der Waals surface area (Å²) in [5, 5.41) is 4.43. The van der Waals surface area contributed by atoms with Gasteiger partial charge in [-0.25, -0.2) is 0 Å². The molecule has 0 atom stereocenters. The third kappa shape index (κ3) is 4.00. The molecular weight excluding hydrogens is 262 g/mol. The normalized spacial score (nSPS) is 10.6. The lowest BCUT2D eigenvalue weighted by Gasteiger charge is -2.08. The van der Waals surface area contributed by atoms with Crippen molar-refractivity contribution < 1.29 is 9.57 Å². The maximum absolute atomic E-state index is 5.91. The van der Waals surface area contributed by atoms with Gasteiger partial charge in [0.25, 0.3) is 0 Å². The fourth-order valence-corrected chi connectivity index (χ4v) is 1.80. The van der Waals surface area contributed by atoms with Crippen LogP contribution in [0.1, 0.15) is 11.1 Å². The van der Waals surface area contributed by atoms with Crippen molar-refractivity contribution in [3.8, 4) is 5.75 Å². The molecule has 2 aromatic carbocycles. The Morgan fingerprint density at radius 1 is 1.16 bits per heavy atom. The minimum absolute atomic E-state index is 0.451. The van der Waals surface area contributed by atoms with E-state index in [1.807, 2.05) is 42.5 Å². The van der Waals surface area contributed by atoms with Gasteiger partial charge >= 0.3 is 0 Å². The molecule has 0 aliphatic heterocycles. The summed E-state index contributed by atoms with van der Waals surface area (Å²) in [6.45, 7) is 0.451. The summed E-state index contributed by atoms with van der Waals surface area (Å²) in [5.41, 5.74) is 2.00. The first-order valence-corrected chi connectivity index (χ1v) is 6.20. The average molecular weight is 276 g/mol. The van der Waals surface area contributed by atoms with Crippen molar-refractivity contribution in [1.29, 1.82) is 0 Å². The summed E-state index contributed by atoms with van der Waals surface area (Å²) in [6, 6.07) is 15.2. The van der Waals surface area contributed by atoms with Crippen molar-refractivity contribution in [2.45, 2.75) is 6.61 Å². The van der Waals surface area contributed by atoms with Gasteiger partial charge in [-0.15, -0.1) is 0 Å². The van der Waals surface area contributed by atoms with Gasteiger partial charge < -0.3 is 9.57 Å². The molecule has 0 spiro atoms. The summed E-state index contributed by atoms with van der Waals surface area (Å²) in [5.74, 6) is 0.742. The van der Waals surface area contributed by atoms with E-state index in [9.17, 15) is 0 Å². The second kappa shape index (κ2) is 6.81. The van der Waals surface area contributed by atoms with E-state index < -0.39 is 0 Å². The average Bonchev–Trinajstić information content (AvgIpc) is 2.44. The van der Waals surface area contributed by atoms with Crippen LogP contribution in [0.2, 0.25) is 5.02 Å².